The summed E-state index contributed by atoms with van der Waals surface area (Å²) < 4.78 is 92.3. The second-order valence-corrected chi connectivity index (χ2v) is 7.44. The van der Waals surface area contributed by atoms with Crippen molar-refractivity contribution in [3.8, 4) is 0 Å². The Kier molecular flexibility index (Phi) is 5.46. The zero-order valence-electron chi connectivity index (χ0n) is 12.2. The van der Waals surface area contributed by atoms with E-state index < -0.39 is 29.0 Å². The molecule has 2 aromatic rings. The molecular weight excluding hydrogens is 363 g/mol. The molecule has 0 spiro atoms. The van der Waals surface area contributed by atoms with E-state index in [9.17, 15) is 34.8 Å². The van der Waals surface area contributed by atoms with E-state index in [0.717, 1.165) is 31.7 Å². The van der Waals surface area contributed by atoms with E-state index in [1.165, 1.54) is 12.1 Å². The molecule has 0 nitrogen and oxygen atoms in total. The summed E-state index contributed by atoms with van der Waals surface area (Å²) in [6.07, 6.45) is 3.62. The fraction of sp³-hybridized carbons (Fsp3) is 0.429. The Bertz CT molecular complexity index is 691. The SMILES string of the molecule is F[B-](F)(F)F.Fc1ccc2cc(C3CCCC3)[s+](C(F)(F)F)c2c1. The van der Waals surface area contributed by atoms with Gasteiger partial charge in [0.15, 0.2) is 9.58 Å². The Labute approximate surface area is 135 Å². The maximum absolute atomic E-state index is 13.3. The van der Waals surface area contributed by atoms with Gasteiger partial charge in [0.25, 0.3) is 0 Å². The van der Waals surface area contributed by atoms with Gasteiger partial charge >= 0.3 is 12.8 Å². The molecule has 10 heteroatoms. The van der Waals surface area contributed by atoms with E-state index in [-0.39, 0.29) is 10.6 Å². The van der Waals surface area contributed by atoms with Crippen molar-refractivity contribution in [2.45, 2.75) is 37.1 Å². The van der Waals surface area contributed by atoms with Crippen LogP contribution in [0.15, 0.2) is 24.3 Å². The Balaban J connectivity index is 0.000000368. The molecule has 1 atom stereocenters. The fourth-order valence-electron chi connectivity index (χ4n) is 2.90. The lowest BCUT2D eigenvalue weighted by Crippen LogP contribution is -2.02. The molecule has 0 saturated heterocycles. The van der Waals surface area contributed by atoms with Crippen molar-refractivity contribution in [2.75, 3.05) is 0 Å². The van der Waals surface area contributed by atoms with Crippen LogP contribution in [-0.2, 0) is 5.51 Å². The fourth-order valence-corrected chi connectivity index (χ4v) is 5.07. The van der Waals surface area contributed by atoms with Crippen LogP contribution in [-0.4, -0.2) is 7.25 Å². The molecule has 0 amide bonds. The quantitative estimate of drug-likeness (QED) is 0.281. The van der Waals surface area contributed by atoms with Crippen LogP contribution in [0, 0.1) is 5.82 Å². The number of alkyl halides is 3. The van der Waals surface area contributed by atoms with Crippen LogP contribution in [0.2, 0.25) is 0 Å². The molecule has 0 aliphatic heterocycles. The van der Waals surface area contributed by atoms with Gasteiger partial charge in [-0.3, -0.25) is 0 Å². The number of fused-ring (bicyclic) bond motifs is 1. The lowest BCUT2D eigenvalue weighted by molar-refractivity contribution is -0.0868. The first kappa shape index (κ1) is 19.0. The molecule has 1 unspecified atom stereocenters. The lowest BCUT2D eigenvalue weighted by atomic mass is 10.1. The summed E-state index contributed by atoms with van der Waals surface area (Å²) in [5.74, 6) is -0.581. The summed E-state index contributed by atoms with van der Waals surface area (Å²) in [5.41, 5.74) is -4.31. The number of hydrogen-bond acceptors (Lipinski definition) is 0. The standard InChI is InChI=1S/C14H13F4S.BF4/c15-11-6-5-10-7-12(9-3-1-2-4-9)19(13(10)8-11)14(16,17)18;2-1(3,4)5/h5-9H,1-4H2;/q+1;-1. The van der Waals surface area contributed by atoms with Crippen molar-refractivity contribution in [1.82, 2.24) is 0 Å². The zero-order valence-corrected chi connectivity index (χ0v) is 13.0. The van der Waals surface area contributed by atoms with Gasteiger partial charge in [-0.1, -0.05) is 12.8 Å². The first-order valence-corrected chi connectivity index (χ1v) is 8.39. The van der Waals surface area contributed by atoms with Crippen LogP contribution < -0.4 is 0 Å². The maximum atomic E-state index is 13.3. The van der Waals surface area contributed by atoms with E-state index in [2.05, 4.69) is 0 Å². The van der Waals surface area contributed by atoms with E-state index in [4.69, 9.17) is 0 Å². The molecule has 0 bridgehead atoms. The van der Waals surface area contributed by atoms with Gasteiger partial charge in [-0.05, 0) is 25.0 Å². The highest BCUT2D eigenvalue weighted by molar-refractivity contribution is 7.38. The molecule has 1 fully saturated rings. The Hall–Kier alpha value is -1.32. The smallest absolute Gasteiger partial charge is 0.418 e. The average molecular weight is 376 g/mol. The van der Waals surface area contributed by atoms with Crippen molar-refractivity contribution < 1.29 is 34.8 Å². The third-order valence-corrected chi connectivity index (χ3v) is 5.90. The van der Waals surface area contributed by atoms with Crippen LogP contribution in [0.4, 0.5) is 34.8 Å². The highest BCUT2D eigenvalue weighted by Crippen LogP contribution is 2.55. The van der Waals surface area contributed by atoms with E-state index in [0.29, 0.717) is 10.3 Å². The minimum Gasteiger partial charge on any atom is -0.418 e. The largest absolute Gasteiger partial charge is 0.673 e. The van der Waals surface area contributed by atoms with Crippen LogP contribution in [0.5, 0.6) is 0 Å². The van der Waals surface area contributed by atoms with Crippen molar-refractivity contribution in [3.05, 3.63) is 35.0 Å². The van der Waals surface area contributed by atoms with Gasteiger partial charge in [0, 0.05) is 23.4 Å². The molecule has 0 radical (unpaired) electrons. The Morgan fingerprint density at radius 3 is 2.00 bits per heavy atom. The molecular formula is C14H13BF8S. The van der Waals surface area contributed by atoms with Gasteiger partial charge in [-0.25, -0.2) is 4.39 Å². The molecule has 1 aromatic carbocycles. The van der Waals surface area contributed by atoms with Gasteiger partial charge in [0.1, 0.15) is 5.82 Å². The minimum absolute atomic E-state index is 0.0143. The summed E-state index contributed by atoms with van der Waals surface area (Å²) in [7, 11) is -7.94. The van der Waals surface area contributed by atoms with Crippen molar-refractivity contribution >= 4 is 27.8 Å². The van der Waals surface area contributed by atoms with Crippen molar-refractivity contribution in [2.24, 2.45) is 0 Å². The number of benzene rings is 1. The molecule has 1 saturated carbocycles. The Morgan fingerprint density at radius 2 is 1.50 bits per heavy atom. The van der Waals surface area contributed by atoms with E-state index in [1.54, 1.807) is 6.07 Å². The van der Waals surface area contributed by atoms with Crippen molar-refractivity contribution in [3.63, 3.8) is 0 Å². The van der Waals surface area contributed by atoms with E-state index in [1.807, 2.05) is 0 Å². The maximum Gasteiger partial charge on any atom is 0.673 e. The molecule has 1 heterocycles. The minimum atomic E-state index is -6.00. The van der Waals surface area contributed by atoms with Gasteiger partial charge in [-0.2, -0.15) is 0 Å². The predicted octanol–water partition coefficient (Wildman–Crippen LogP) is 7.16. The summed E-state index contributed by atoms with van der Waals surface area (Å²) in [4.78, 5) is 0.464. The second-order valence-electron chi connectivity index (χ2n) is 5.46. The summed E-state index contributed by atoms with van der Waals surface area (Å²) in [6.45, 7) is 0. The third kappa shape index (κ3) is 4.84. The molecule has 1 aliphatic rings. The molecule has 134 valence electrons. The van der Waals surface area contributed by atoms with Crippen LogP contribution in [0.3, 0.4) is 0 Å². The number of halogens is 8. The summed E-state index contributed by atoms with van der Waals surface area (Å²) >= 11 is 0. The van der Waals surface area contributed by atoms with Gasteiger partial charge in [0.05, 0.1) is 10.5 Å². The highest BCUT2D eigenvalue weighted by Gasteiger charge is 2.49. The lowest BCUT2D eigenvalue weighted by Gasteiger charge is -2.05. The summed E-state index contributed by atoms with van der Waals surface area (Å²) in [6, 6.07) is 5.37. The normalized spacial score (nSPS) is 17.1. The summed E-state index contributed by atoms with van der Waals surface area (Å²) in [5, 5.41) is 0.531. The Morgan fingerprint density at radius 1 is 0.958 bits per heavy atom. The monoisotopic (exact) mass is 376 g/mol. The van der Waals surface area contributed by atoms with Gasteiger partial charge in [-0.15, -0.1) is 13.2 Å². The zero-order chi connectivity index (χ0) is 18.1. The molecule has 1 aromatic heterocycles. The number of thiophene rings is 1. The van der Waals surface area contributed by atoms with Crippen LogP contribution in [0.25, 0.3) is 10.1 Å². The second kappa shape index (κ2) is 6.89. The topological polar surface area (TPSA) is 0 Å². The molecule has 0 N–H and O–H groups in total. The number of rotatable bonds is 1. The van der Waals surface area contributed by atoms with E-state index >= 15 is 0 Å². The predicted molar refractivity (Wildman–Crippen MR) is 79.1 cm³/mol. The van der Waals surface area contributed by atoms with Crippen LogP contribution in [0.1, 0.15) is 36.5 Å². The first-order valence-electron chi connectivity index (χ1n) is 7.16. The molecule has 3 rings (SSSR count). The number of hydrogen-bond donors (Lipinski definition) is 0. The highest BCUT2D eigenvalue weighted by atomic mass is 32.2. The average Bonchev–Trinajstić information content (AvgIpc) is 3.01. The first-order chi connectivity index (χ1) is 11.0. The van der Waals surface area contributed by atoms with Crippen LogP contribution >= 0.6 is 10.5 Å². The van der Waals surface area contributed by atoms with Crippen molar-refractivity contribution in [1.29, 1.82) is 0 Å². The molecule has 1 aliphatic carbocycles. The van der Waals surface area contributed by atoms with Gasteiger partial charge < -0.3 is 17.3 Å². The third-order valence-electron chi connectivity index (χ3n) is 3.72. The van der Waals surface area contributed by atoms with Gasteiger partial charge in [0.2, 0.25) is 0 Å². The molecule has 24 heavy (non-hydrogen) atoms.